The Labute approximate surface area is 209 Å². The summed E-state index contributed by atoms with van der Waals surface area (Å²) in [4.78, 5) is 28.3. The van der Waals surface area contributed by atoms with Gasteiger partial charge in [-0.3, -0.25) is 13.9 Å². The van der Waals surface area contributed by atoms with Crippen molar-refractivity contribution in [3.8, 4) is 5.75 Å². The van der Waals surface area contributed by atoms with E-state index in [1.807, 2.05) is 45.9 Å². The lowest BCUT2D eigenvalue weighted by Gasteiger charge is -2.33. The molecule has 35 heavy (non-hydrogen) atoms. The molecule has 9 heteroatoms. The summed E-state index contributed by atoms with van der Waals surface area (Å²) in [5.74, 6) is -0.102. The number of carbonyl (C=O) groups excluding carboxylic acids is 2. The van der Waals surface area contributed by atoms with Gasteiger partial charge in [-0.2, -0.15) is 0 Å². The molecule has 0 aliphatic heterocycles. The van der Waals surface area contributed by atoms with E-state index >= 15 is 0 Å². The lowest BCUT2D eigenvalue weighted by molar-refractivity contribution is -0.140. The highest BCUT2D eigenvalue weighted by Gasteiger charge is 2.32. The Morgan fingerprint density at radius 1 is 1.06 bits per heavy atom. The predicted molar refractivity (Wildman–Crippen MR) is 139 cm³/mol. The summed E-state index contributed by atoms with van der Waals surface area (Å²) >= 11 is 0. The van der Waals surface area contributed by atoms with Crippen molar-refractivity contribution in [2.75, 3.05) is 24.2 Å². The zero-order chi connectivity index (χ0) is 26.2. The van der Waals surface area contributed by atoms with Crippen LogP contribution in [0.15, 0.2) is 48.5 Å². The zero-order valence-corrected chi connectivity index (χ0v) is 22.3. The third kappa shape index (κ3) is 7.99. The van der Waals surface area contributed by atoms with Crippen LogP contribution in [0.2, 0.25) is 0 Å². The van der Waals surface area contributed by atoms with E-state index in [9.17, 15) is 18.0 Å². The standard InChI is InChI=1S/C26H37N3O5S/c1-7-20(4)27-26(31)24(8-2)28(17-21-12-10-14-23(16-21)34-5)25(30)18-29(35(6,32)33)22-13-9-11-19(3)15-22/h9-16,20,24H,7-8,17-18H2,1-6H3,(H,27,31)/t20-,24+/m0/s1. The number of hydrogen-bond acceptors (Lipinski definition) is 5. The molecule has 2 atom stereocenters. The molecule has 2 aromatic carbocycles. The summed E-state index contributed by atoms with van der Waals surface area (Å²) in [5, 5.41) is 2.96. The third-order valence-electron chi connectivity index (χ3n) is 5.84. The molecule has 0 spiro atoms. The predicted octanol–water partition coefficient (Wildman–Crippen LogP) is 3.49. The molecule has 192 valence electrons. The van der Waals surface area contributed by atoms with Crippen molar-refractivity contribution < 1.29 is 22.7 Å². The highest BCUT2D eigenvalue weighted by atomic mass is 32.2. The first kappa shape index (κ1) is 28.2. The number of nitrogens with zero attached hydrogens (tertiary/aromatic N) is 2. The average molecular weight is 504 g/mol. The molecule has 0 heterocycles. The minimum Gasteiger partial charge on any atom is -0.497 e. The molecule has 0 bridgehead atoms. The summed E-state index contributed by atoms with van der Waals surface area (Å²) in [5.41, 5.74) is 2.05. The smallest absolute Gasteiger partial charge is 0.244 e. The monoisotopic (exact) mass is 503 g/mol. The van der Waals surface area contributed by atoms with E-state index in [-0.39, 0.29) is 18.5 Å². The van der Waals surface area contributed by atoms with Crippen molar-refractivity contribution in [1.82, 2.24) is 10.2 Å². The summed E-state index contributed by atoms with van der Waals surface area (Å²) in [6, 6.07) is 13.4. The van der Waals surface area contributed by atoms with Gasteiger partial charge in [-0.25, -0.2) is 8.42 Å². The topological polar surface area (TPSA) is 96.0 Å². The number of amides is 2. The average Bonchev–Trinajstić information content (AvgIpc) is 2.81. The minimum atomic E-state index is -3.76. The van der Waals surface area contributed by atoms with Crippen LogP contribution < -0.4 is 14.4 Å². The number of rotatable bonds is 12. The van der Waals surface area contributed by atoms with E-state index < -0.39 is 28.5 Å². The SMILES string of the molecule is CC[C@H](C(=O)N[C@@H](C)CC)N(Cc1cccc(OC)c1)C(=O)CN(c1cccc(C)c1)S(C)(=O)=O. The maximum atomic E-state index is 13.7. The van der Waals surface area contributed by atoms with Crippen LogP contribution in [0.4, 0.5) is 5.69 Å². The van der Waals surface area contributed by atoms with Gasteiger partial charge >= 0.3 is 0 Å². The molecule has 1 N–H and O–H groups in total. The van der Waals surface area contributed by atoms with Crippen LogP contribution in [0.1, 0.15) is 44.7 Å². The van der Waals surface area contributed by atoms with Gasteiger partial charge < -0.3 is 15.0 Å². The molecule has 0 fully saturated rings. The highest BCUT2D eigenvalue weighted by molar-refractivity contribution is 7.92. The van der Waals surface area contributed by atoms with Crippen molar-refractivity contribution in [1.29, 1.82) is 0 Å². The number of aryl methyl sites for hydroxylation is 1. The second-order valence-corrected chi connectivity index (χ2v) is 10.6. The van der Waals surface area contributed by atoms with Crippen LogP contribution in [-0.2, 0) is 26.2 Å². The number of methoxy groups -OCH3 is 1. The number of ether oxygens (including phenoxy) is 1. The molecule has 2 rings (SSSR count). The zero-order valence-electron chi connectivity index (χ0n) is 21.4. The van der Waals surface area contributed by atoms with Crippen molar-refractivity contribution in [2.24, 2.45) is 0 Å². The maximum absolute atomic E-state index is 13.7. The van der Waals surface area contributed by atoms with Crippen LogP contribution >= 0.6 is 0 Å². The van der Waals surface area contributed by atoms with Crippen LogP contribution in [0, 0.1) is 6.92 Å². The van der Waals surface area contributed by atoms with E-state index in [4.69, 9.17) is 4.74 Å². The van der Waals surface area contributed by atoms with Crippen molar-refractivity contribution in [3.05, 3.63) is 59.7 Å². The fourth-order valence-electron chi connectivity index (χ4n) is 3.72. The first-order valence-electron chi connectivity index (χ1n) is 11.8. The highest BCUT2D eigenvalue weighted by Crippen LogP contribution is 2.22. The molecule has 0 aliphatic carbocycles. The van der Waals surface area contributed by atoms with E-state index in [1.165, 1.54) is 4.90 Å². The fraction of sp³-hybridized carbons (Fsp3) is 0.462. The lowest BCUT2D eigenvalue weighted by atomic mass is 10.1. The number of anilines is 1. The Bertz CT molecular complexity index is 1120. The molecule has 0 radical (unpaired) electrons. The molecule has 2 aromatic rings. The lowest BCUT2D eigenvalue weighted by Crippen LogP contribution is -2.53. The number of nitrogens with one attached hydrogen (secondary N) is 1. The summed E-state index contributed by atoms with van der Waals surface area (Å²) < 4.78 is 31.7. The second kappa shape index (κ2) is 12.6. The quantitative estimate of drug-likeness (QED) is 0.478. The van der Waals surface area contributed by atoms with Crippen LogP contribution in [0.3, 0.4) is 0 Å². The Morgan fingerprint density at radius 2 is 1.74 bits per heavy atom. The van der Waals surface area contributed by atoms with E-state index in [0.29, 0.717) is 17.9 Å². The minimum absolute atomic E-state index is 0.0508. The molecule has 0 saturated carbocycles. The van der Waals surface area contributed by atoms with Gasteiger partial charge in [0.2, 0.25) is 21.8 Å². The van der Waals surface area contributed by atoms with Gasteiger partial charge in [0.1, 0.15) is 18.3 Å². The van der Waals surface area contributed by atoms with E-state index in [2.05, 4.69) is 5.32 Å². The fourth-order valence-corrected chi connectivity index (χ4v) is 4.57. The Morgan fingerprint density at radius 3 is 2.31 bits per heavy atom. The summed E-state index contributed by atoms with van der Waals surface area (Å²) in [6.45, 7) is 7.28. The van der Waals surface area contributed by atoms with Crippen molar-refractivity contribution in [2.45, 2.75) is 59.2 Å². The first-order valence-corrected chi connectivity index (χ1v) is 13.6. The van der Waals surface area contributed by atoms with Gasteiger partial charge in [0.05, 0.1) is 19.1 Å². The maximum Gasteiger partial charge on any atom is 0.244 e. The molecule has 2 amide bonds. The first-order chi connectivity index (χ1) is 16.5. The third-order valence-corrected chi connectivity index (χ3v) is 6.98. The van der Waals surface area contributed by atoms with Gasteiger partial charge in [0.15, 0.2) is 0 Å². The Balaban J connectivity index is 2.45. The molecule has 0 saturated heterocycles. The molecular weight excluding hydrogens is 466 g/mol. The molecule has 8 nitrogen and oxygen atoms in total. The number of hydrogen-bond donors (Lipinski definition) is 1. The Hall–Kier alpha value is -3.07. The molecule has 0 unspecified atom stereocenters. The largest absolute Gasteiger partial charge is 0.497 e. The van der Waals surface area contributed by atoms with Crippen molar-refractivity contribution >= 4 is 27.5 Å². The van der Waals surface area contributed by atoms with Gasteiger partial charge in [-0.05, 0) is 62.1 Å². The van der Waals surface area contributed by atoms with Crippen LogP contribution in [-0.4, -0.2) is 57.1 Å². The van der Waals surface area contributed by atoms with Gasteiger partial charge in [0, 0.05) is 12.6 Å². The van der Waals surface area contributed by atoms with Gasteiger partial charge in [-0.15, -0.1) is 0 Å². The molecule has 0 aromatic heterocycles. The summed E-state index contributed by atoms with van der Waals surface area (Å²) in [7, 11) is -2.20. The van der Waals surface area contributed by atoms with Crippen molar-refractivity contribution in [3.63, 3.8) is 0 Å². The Kier molecular flexibility index (Phi) is 10.1. The van der Waals surface area contributed by atoms with Crippen LogP contribution in [0.5, 0.6) is 5.75 Å². The summed E-state index contributed by atoms with van der Waals surface area (Å²) in [6.07, 6.45) is 2.20. The van der Waals surface area contributed by atoms with Crippen LogP contribution in [0.25, 0.3) is 0 Å². The normalized spacial score (nSPS) is 13.0. The van der Waals surface area contributed by atoms with Gasteiger partial charge in [0.25, 0.3) is 0 Å². The molecule has 0 aliphatic rings. The second-order valence-electron chi connectivity index (χ2n) is 8.72. The van der Waals surface area contributed by atoms with E-state index in [0.717, 1.165) is 28.1 Å². The number of sulfonamides is 1. The van der Waals surface area contributed by atoms with Gasteiger partial charge in [-0.1, -0.05) is 38.1 Å². The van der Waals surface area contributed by atoms with E-state index in [1.54, 1.807) is 37.4 Å². The molecular formula is C26H37N3O5S. The number of carbonyl (C=O) groups is 2. The number of benzene rings is 2.